The number of ketones is 1. The molecule has 0 unspecified atom stereocenters. The van der Waals surface area contributed by atoms with Gasteiger partial charge in [-0.3, -0.25) is 20.0 Å². The molecule has 1 N–H and O–H groups in total. The van der Waals surface area contributed by atoms with Crippen molar-refractivity contribution in [1.82, 2.24) is 15.2 Å². The average molecular weight is 368 g/mol. The SMILES string of the molecule is CCCc1nc(Sc2ccc(C(=O)c3ccccc3)cc2[N+](=O)[O-])n[nH]1. The number of carbonyl (C=O) groups excluding carboxylic acids is 1. The Hall–Kier alpha value is -3.00. The molecule has 0 saturated carbocycles. The Bertz CT molecular complexity index is 941. The second-order valence-electron chi connectivity index (χ2n) is 5.55. The third kappa shape index (κ3) is 3.97. The number of aromatic amines is 1. The molecule has 2 aromatic carbocycles. The third-order valence-electron chi connectivity index (χ3n) is 3.65. The lowest BCUT2D eigenvalue weighted by Gasteiger charge is -2.04. The fraction of sp³-hybridized carbons (Fsp3) is 0.167. The normalized spacial score (nSPS) is 10.7. The van der Waals surface area contributed by atoms with Crippen LogP contribution in [-0.4, -0.2) is 25.9 Å². The van der Waals surface area contributed by atoms with E-state index in [4.69, 9.17) is 0 Å². The zero-order valence-electron chi connectivity index (χ0n) is 14.0. The standard InChI is InChI=1S/C18H16N4O3S/c1-2-6-16-19-18(21-20-16)26-15-10-9-13(11-14(15)22(24)25)17(23)12-7-4-3-5-8-12/h3-5,7-11H,2,6H2,1H3,(H,19,20,21). The number of hydrogen-bond donors (Lipinski definition) is 1. The Morgan fingerprint density at radius 2 is 1.96 bits per heavy atom. The van der Waals surface area contributed by atoms with Gasteiger partial charge in [-0.2, -0.15) is 0 Å². The Kier molecular flexibility index (Phi) is 5.43. The first kappa shape index (κ1) is 17.8. The molecule has 8 heteroatoms. The number of aryl methyl sites for hydroxylation is 1. The summed E-state index contributed by atoms with van der Waals surface area (Å²) in [5, 5.41) is 18.8. The number of nitro benzene ring substituents is 1. The molecule has 0 atom stereocenters. The number of H-pyrrole nitrogens is 1. The molecule has 0 fully saturated rings. The van der Waals surface area contributed by atoms with Crippen molar-refractivity contribution in [3.05, 3.63) is 75.6 Å². The molecule has 0 saturated heterocycles. The molecule has 1 aromatic heterocycles. The topological polar surface area (TPSA) is 102 Å². The van der Waals surface area contributed by atoms with Gasteiger partial charge in [-0.15, -0.1) is 5.10 Å². The van der Waals surface area contributed by atoms with E-state index >= 15 is 0 Å². The zero-order valence-corrected chi connectivity index (χ0v) is 14.8. The number of rotatable bonds is 7. The Balaban J connectivity index is 1.89. The first-order valence-corrected chi connectivity index (χ1v) is 8.87. The maximum atomic E-state index is 12.5. The number of aromatic nitrogens is 3. The maximum Gasteiger partial charge on any atom is 0.284 e. The molecule has 0 aliphatic heterocycles. The average Bonchev–Trinajstić information content (AvgIpc) is 3.09. The first-order chi connectivity index (χ1) is 12.6. The van der Waals surface area contributed by atoms with Crippen molar-refractivity contribution in [2.45, 2.75) is 29.8 Å². The number of nitrogens with zero attached hydrogens (tertiary/aromatic N) is 3. The minimum absolute atomic E-state index is 0.140. The van der Waals surface area contributed by atoms with E-state index in [0.29, 0.717) is 15.6 Å². The highest BCUT2D eigenvalue weighted by atomic mass is 32.2. The van der Waals surface area contributed by atoms with Gasteiger partial charge in [0.1, 0.15) is 5.82 Å². The molecule has 0 radical (unpaired) electrons. The highest BCUT2D eigenvalue weighted by Crippen LogP contribution is 2.34. The summed E-state index contributed by atoms with van der Waals surface area (Å²) in [6, 6.07) is 13.1. The number of nitro groups is 1. The van der Waals surface area contributed by atoms with Crippen molar-refractivity contribution in [2.24, 2.45) is 0 Å². The van der Waals surface area contributed by atoms with E-state index in [1.165, 1.54) is 6.07 Å². The van der Waals surface area contributed by atoms with Crippen molar-refractivity contribution in [2.75, 3.05) is 0 Å². The summed E-state index contributed by atoms with van der Waals surface area (Å²) in [7, 11) is 0. The summed E-state index contributed by atoms with van der Waals surface area (Å²) >= 11 is 1.10. The Morgan fingerprint density at radius 1 is 1.19 bits per heavy atom. The third-order valence-corrected chi connectivity index (χ3v) is 4.58. The van der Waals surface area contributed by atoms with Crippen LogP contribution in [0.1, 0.15) is 35.1 Å². The van der Waals surface area contributed by atoms with E-state index in [-0.39, 0.29) is 17.0 Å². The van der Waals surface area contributed by atoms with Crippen LogP contribution in [0.2, 0.25) is 0 Å². The summed E-state index contributed by atoms with van der Waals surface area (Å²) in [4.78, 5) is 28.2. The number of benzene rings is 2. The van der Waals surface area contributed by atoms with Gasteiger partial charge in [0.25, 0.3) is 5.69 Å². The summed E-state index contributed by atoms with van der Waals surface area (Å²) in [6.45, 7) is 2.03. The highest BCUT2D eigenvalue weighted by molar-refractivity contribution is 7.99. The molecule has 0 amide bonds. The molecule has 26 heavy (non-hydrogen) atoms. The van der Waals surface area contributed by atoms with Crippen LogP contribution in [0.15, 0.2) is 58.6 Å². The van der Waals surface area contributed by atoms with Crippen LogP contribution in [-0.2, 0) is 6.42 Å². The highest BCUT2D eigenvalue weighted by Gasteiger charge is 2.20. The van der Waals surface area contributed by atoms with E-state index in [1.54, 1.807) is 36.4 Å². The van der Waals surface area contributed by atoms with Gasteiger partial charge >= 0.3 is 0 Å². The van der Waals surface area contributed by atoms with Gasteiger partial charge in [-0.25, -0.2) is 4.98 Å². The fourth-order valence-corrected chi connectivity index (χ4v) is 3.23. The maximum absolute atomic E-state index is 12.5. The molecule has 132 valence electrons. The van der Waals surface area contributed by atoms with Crippen LogP contribution in [0.5, 0.6) is 0 Å². The summed E-state index contributed by atoms with van der Waals surface area (Å²) < 4.78 is 0. The van der Waals surface area contributed by atoms with Gasteiger partial charge in [0.2, 0.25) is 5.16 Å². The van der Waals surface area contributed by atoms with Gasteiger partial charge in [0.15, 0.2) is 5.78 Å². The van der Waals surface area contributed by atoms with Crippen molar-refractivity contribution < 1.29 is 9.72 Å². The molecule has 3 rings (SSSR count). The van der Waals surface area contributed by atoms with Gasteiger partial charge in [0.05, 0.1) is 9.82 Å². The Morgan fingerprint density at radius 3 is 2.65 bits per heavy atom. The minimum Gasteiger partial charge on any atom is -0.289 e. The molecular formula is C18H16N4O3S. The monoisotopic (exact) mass is 368 g/mol. The summed E-state index contributed by atoms with van der Waals surface area (Å²) in [5.41, 5.74) is 0.618. The van der Waals surface area contributed by atoms with Crippen LogP contribution < -0.4 is 0 Å². The van der Waals surface area contributed by atoms with Crippen LogP contribution in [0, 0.1) is 10.1 Å². The Labute approximate surface area is 154 Å². The molecular weight excluding hydrogens is 352 g/mol. The molecule has 3 aromatic rings. The molecule has 7 nitrogen and oxygen atoms in total. The van der Waals surface area contributed by atoms with Crippen LogP contribution in [0.3, 0.4) is 0 Å². The number of hydrogen-bond acceptors (Lipinski definition) is 6. The summed E-state index contributed by atoms with van der Waals surface area (Å²) in [5.74, 6) is 0.488. The molecule has 0 aliphatic rings. The zero-order chi connectivity index (χ0) is 18.5. The number of nitrogens with one attached hydrogen (secondary N) is 1. The predicted octanol–water partition coefficient (Wildman–Crippen LogP) is 4.05. The molecule has 0 aliphatic carbocycles. The second-order valence-corrected chi connectivity index (χ2v) is 6.56. The first-order valence-electron chi connectivity index (χ1n) is 8.05. The van der Waals surface area contributed by atoms with E-state index in [1.807, 2.05) is 13.0 Å². The smallest absolute Gasteiger partial charge is 0.284 e. The lowest BCUT2D eigenvalue weighted by Crippen LogP contribution is -2.02. The molecule has 0 bridgehead atoms. The van der Waals surface area contributed by atoms with E-state index < -0.39 is 4.92 Å². The molecule has 1 heterocycles. The van der Waals surface area contributed by atoms with E-state index in [0.717, 1.165) is 30.4 Å². The summed E-state index contributed by atoms with van der Waals surface area (Å²) in [6.07, 6.45) is 1.69. The van der Waals surface area contributed by atoms with Gasteiger partial charge in [-0.1, -0.05) is 37.3 Å². The van der Waals surface area contributed by atoms with Crippen LogP contribution >= 0.6 is 11.8 Å². The number of carbonyl (C=O) groups is 1. The lowest BCUT2D eigenvalue weighted by molar-refractivity contribution is -0.387. The second kappa shape index (κ2) is 7.92. The van der Waals surface area contributed by atoms with Crippen molar-refractivity contribution in [1.29, 1.82) is 0 Å². The van der Waals surface area contributed by atoms with E-state index in [9.17, 15) is 14.9 Å². The van der Waals surface area contributed by atoms with Crippen molar-refractivity contribution in [3.8, 4) is 0 Å². The van der Waals surface area contributed by atoms with Crippen LogP contribution in [0.25, 0.3) is 0 Å². The lowest BCUT2D eigenvalue weighted by atomic mass is 10.0. The van der Waals surface area contributed by atoms with Gasteiger partial charge < -0.3 is 0 Å². The fourth-order valence-electron chi connectivity index (χ4n) is 2.41. The largest absolute Gasteiger partial charge is 0.289 e. The van der Waals surface area contributed by atoms with Crippen molar-refractivity contribution >= 4 is 23.2 Å². The van der Waals surface area contributed by atoms with Crippen LogP contribution in [0.4, 0.5) is 5.69 Å². The quantitative estimate of drug-likeness (QED) is 0.383. The predicted molar refractivity (Wildman–Crippen MR) is 97.5 cm³/mol. The van der Waals surface area contributed by atoms with Crippen molar-refractivity contribution in [3.63, 3.8) is 0 Å². The van der Waals surface area contributed by atoms with Gasteiger partial charge in [0, 0.05) is 23.6 Å². The van der Waals surface area contributed by atoms with Gasteiger partial charge in [-0.05, 0) is 30.3 Å². The van der Waals surface area contributed by atoms with E-state index in [2.05, 4.69) is 15.2 Å². The molecule has 0 spiro atoms. The minimum atomic E-state index is -0.496.